The molecule has 0 spiro atoms. The van der Waals surface area contributed by atoms with Gasteiger partial charge in [-0.15, -0.1) is 10.2 Å². The van der Waals surface area contributed by atoms with Gasteiger partial charge in [-0.25, -0.2) is 4.79 Å². The van der Waals surface area contributed by atoms with E-state index in [0.29, 0.717) is 30.4 Å². The SMILES string of the molecule is O=C(OCc1ccccc1)N1CCC(N2CCC(N3CCC(CN4CCN5c6cc(-c7ccccc7O)nnc6NC[C@H]5C4)CC3)CC2)CC1. The van der Waals surface area contributed by atoms with Crippen LogP contribution in [0, 0.1) is 5.92 Å². The van der Waals surface area contributed by atoms with E-state index in [1.807, 2.05) is 53.4 Å². The van der Waals surface area contributed by atoms with Crippen molar-refractivity contribution < 1.29 is 14.6 Å². The molecule has 4 fully saturated rings. The molecule has 3 aromatic rings. The summed E-state index contributed by atoms with van der Waals surface area (Å²) in [6, 6.07) is 21.1. The molecular formula is C39H52N8O3. The summed E-state index contributed by atoms with van der Waals surface area (Å²) in [7, 11) is 0. The average molecular weight is 681 g/mol. The minimum absolute atomic E-state index is 0.177. The maximum Gasteiger partial charge on any atom is 0.410 e. The Hall–Kier alpha value is -3.93. The Labute approximate surface area is 296 Å². The van der Waals surface area contributed by atoms with E-state index in [9.17, 15) is 9.90 Å². The summed E-state index contributed by atoms with van der Waals surface area (Å²) < 4.78 is 5.58. The molecular weight excluding hydrogens is 628 g/mol. The van der Waals surface area contributed by atoms with Crippen molar-refractivity contribution >= 4 is 17.6 Å². The van der Waals surface area contributed by atoms with Gasteiger partial charge in [-0.05, 0) is 94.4 Å². The van der Waals surface area contributed by atoms with Gasteiger partial charge >= 0.3 is 6.09 Å². The van der Waals surface area contributed by atoms with Gasteiger partial charge in [-0.1, -0.05) is 42.5 Å². The number of rotatable bonds is 7. The minimum Gasteiger partial charge on any atom is -0.507 e. The van der Waals surface area contributed by atoms with Crippen LogP contribution >= 0.6 is 0 Å². The Morgan fingerprint density at radius 1 is 0.780 bits per heavy atom. The zero-order chi connectivity index (χ0) is 33.9. The van der Waals surface area contributed by atoms with Gasteiger partial charge < -0.3 is 34.8 Å². The standard InChI is InChI=1S/C39H52N8O3/c48-37-9-5-4-8-34(37)35-24-36-38(42-41-35)40-25-33-27-43(22-23-47(33)36)26-29-10-16-44(17-11-29)31-12-18-45(19-13-31)32-14-20-46(21-15-32)39(49)50-28-30-6-2-1-3-7-30/h1-9,24,29,31-33,48H,10-23,25-28H2,(H,40,42)/t33-/m0/s1. The van der Waals surface area contributed by atoms with Crippen LogP contribution in [0.15, 0.2) is 60.7 Å². The van der Waals surface area contributed by atoms with Crippen LogP contribution in [0.5, 0.6) is 5.75 Å². The van der Waals surface area contributed by atoms with E-state index in [-0.39, 0.29) is 11.8 Å². The number of carbonyl (C=O) groups is 1. The molecule has 5 aliphatic rings. The Morgan fingerprint density at radius 3 is 2.20 bits per heavy atom. The molecule has 1 atom stereocenters. The lowest BCUT2D eigenvalue weighted by Crippen LogP contribution is -2.58. The van der Waals surface area contributed by atoms with Gasteiger partial charge in [0.1, 0.15) is 12.4 Å². The number of likely N-dealkylation sites (tertiary alicyclic amines) is 3. The maximum atomic E-state index is 12.6. The molecule has 11 heteroatoms. The van der Waals surface area contributed by atoms with Gasteiger partial charge in [-0.3, -0.25) is 4.90 Å². The third-order valence-corrected chi connectivity index (χ3v) is 12.0. The van der Waals surface area contributed by atoms with Crippen molar-refractivity contribution in [3.8, 4) is 17.0 Å². The second kappa shape index (κ2) is 15.1. The predicted octanol–water partition coefficient (Wildman–Crippen LogP) is 4.74. The van der Waals surface area contributed by atoms with Crippen LogP contribution in [0.4, 0.5) is 16.3 Å². The number of benzene rings is 2. The van der Waals surface area contributed by atoms with Crippen molar-refractivity contribution in [1.82, 2.24) is 29.8 Å². The first-order valence-corrected chi connectivity index (χ1v) is 18.9. The van der Waals surface area contributed by atoms with Crippen molar-refractivity contribution in [1.29, 1.82) is 0 Å². The van der Waals surface area contributed by atoms with Crippen LogP contribution in [0.2, 0.25) is 0 Å². The van der Waals surface area contributed by atoms with Crippen molar-refractivity contribution in [2.45, 2.75) is 63.3 Å². The number of para-hydroxylation sites is 1. The number of nitrogens with one attached hydrogen (secondary N) is 1. The maximum absolute atomic E-state index is 12.6. The molecule has 6 heterocycles. The summed E-state index contributed by atoms with van der Waals surface area (Å²) in [6.45, 7) is 11.9. The van der Waals surface area contributed by atoms with Gasteiger partial charge in [-0.2, -0.15) is 0 Å². The number of phenolic OH excluding ortho intramolecular Hbond substituents is 1. The summed E-state index contributed by atoms with van der Waals surface area (Å²) in [6.07, 6.45) is 7.03. The number of fused-ring (bicyclic) bond motifs is 3. The highest BCUT2D eigenvalue weighted by molar-refractivity contribution is 5.76. The number of aromatic hydroxyl groups is 1. The fourth-order valence-corrected chi connectivity index (χ4v) is 9.05. The van der Waals surface area contributed by atoms with Crippen molar-refractivity contribution in [3.63, 3.8) is 0 Å². The number of hydrogen-bond acceptors (Lipinski definition) is 10. The summed E-state index contributed by atoms with van der Waals surface area (Å²) in [4.78, 5) is 25.2. The molecule has 0 bridgehead atoms. The second-order valence-electron chi connectivity index (χ2n) is 15.0. The van der Waals surface area contributed by atoms with Crippen molar-refractivity contribution in [2.24, 2.45) is 5.92 Å². The monoisotopic (exact) mass is 680 g/mol. The Balaban J connectivity index is 0.748. The molecule has 2 N–H and O–H groups in total. The summed E-state index contributed by atoms with van der Waals surface area (Å²) in [5.74, 6) is 1.84. The van der Waals surface area contributed by atoms with E-state index >= 15 is 0 Å². The molecule has 0 unspecified atom stereocenters. The fraction of sp³-hybridized carbons (Fsp3) is 0.564. The Bertz CT molecular complexity index is 1590. The van der Waals surface area contributed by atoms with Gasteiger partial charge in [0.15, 0.2) is 5.82 Å². The molecule has 8 rings (SSSR count). The van der Waals surface area contributed by atoms with E-state index in [2.05, 4.69) is 41.2 Å². The molecule has 11 nitrogen and oxygen atoms in total. The lowest BCUT2D eigenvalue weighted by atomic mass is 9.91. The number of hydrogen-bond donors (Lipinski definition) is 2. The zero-order valence-electron chi connectivity index (χ0n) is 29.2. The van der Waals surface area contributed by atoms with Crippen LogP contribution in [0.25, 0.3) is 11.3 Å². The van der Waals surface area contributed by atoms with Gasteiger partial charge in [0.2, 0.25) is 0 Å². The van der Waals surface area contributed by atoms with Crippen LogP contribution in [0.3, 0.4) is 0 Å². The first-order chi connectivity index (χ1) is 24.6. The Morgan fingerprint density at radius 2 is 1.46 bits per heavy atom. The van der Waals surface area contributed by atoms with Gasteiger partial charge in [0.05, 0.1) is 17.4 Å². The molecule has 0 radical (unpaired) electrons. The third kappa shape index (κ3) is 7.41. The lowest BCUT2D eigenvalue weighted by Gasteiger charge is -2.47. The van der Waals surface area contributed by atoms with E-state index in [1.165, 1.54) is 58.4 Å². The molecule has 1 amide bonds. The molecule has 0 saturated carbocycles. The summed E-state index contributed by atoms with van der Waals surface area (Å²) in [5, 5.41) is 22.8. The first kappa shape index (κ1) is 33.2. The van der Waals surface area contributed by atoms with Gasteiger partial charge in [0, 0.05) is 63.5 Å². The highest BCUT2D eigenvalue weighted by atomic mass is 16.6. The summed E-state index contributed by atoms with van der Waals surface area (Å²) in [5.41, 5.74) is 3.56. The van der Waals surface area contributed by atoms with Crippen LogP contribution < -0.4 is 10.2 Å². The molecule has 2 aromatic carbocycles. The first-order valence-electron chi connectivity index (χ1n) is 18.9. The van der Waals surface area contributed by atoms with Crippen LogP contribution in [-0.2, 0) is 11.3 Å². The lowest BCUT2D eigenvalue weighted by molar-refractivity contribution is 0.0337. The molecule has 4 saturated heterocycles. The third-order valence-electron chi connectivity index (χ3n) is 12.0. The smallest absolute Gasteiger partial charge is 0.410 e. The van der Waals surface area contributed by atoms with Crippen LogP contribution in [-0.4, -0.2) is 131 Å². The Kier molecular flexibility index (Phi) is 10.1. The zero-order valence-corrected chi connectivity index (χ0v) is 29.2. The number of phenols is 1. The number of anilines is 2. The van der Waals surface area contributed by atoms with E-state index in [0.717, 1.165) is 80.7 Å². The molecule has 50 heavy (non-hydrogen) atoms. The van der Waals surface area contributed by atoms with E-state index < -0.39 is 0 Å². The number of piperidine rings is 3. The molecule has 5 aliphatic heterocycles. The van der Waals surface area contributed by atoms with E-state index in [1.54, 1.807) is 6.07 Å². The number of piperazine rings is 1. The van der Waals surface area contributed by atoms with Crippen molar-refractivity contribution in [2.75, 3.05) is 82.2 Å². The second-order valence-corrected chi connectivity index (χ2v) is 15.0. The number of amides is 1. The highest BCUT2D eigenvalue weighted by Gasteiger charge is 2.36. The normalized spacial score (nSPS) is 23.2. The molecule has 1 aromatic heterocycles. The van der Waals surface area contributed by atoms with E-state index in [4.69, 9.17) is 4.74 Å². The number of aromatic nitrogens is 2. The predicted molar refractivity (Wildman–Crippen MR) is 195 cm³/mol. The van der Waals surface area contributed by atoms with Crippen molar-refractivity contribution in [3.05, 3.63) is 66.2 Å². The number of ether oxygens (including phenoxy) is 1. The largest absolute Gasteiger partial charge is 0.507 e. The summed E-state index contributed by atoms with van der Waals surface area (Å²) >= 11 is 0. The average Bonchev–Trinajstić information content (AvgIpc) is 3.17. The molecule has 266 valence electrons. The quantitative estimate of drug-likeness (QED) is 0.364. The van der Waals surface area contributed by atoms with Gasteiger partial charge in [0.25, 0.3) is 0 Å². The minimum atomic E-state index is -0.177. The fourth-order valence-electron chi connectivity index (χ4n) is 9.05. The highest BCUT2D eigenvalue weighted by Crippen LogP contribution is 2.36. The van der Waals surface area contributed by atoms with Crippen LogP contribution in [0.1, 0.15) is 44.1 Å². The molecule has 0 aliphatic carbocycles. The number of carbonyl (C=O) groups excluding carboxylic acids is 1. The number of nitrogens with zero attached hydrogens (tertiary/aromatic N) is 7. The topological polar surface area (TPSA) is 101 Å².